The van der Waals surface area contributed by atoms with Crippen molar-refractivity contribution in [2.45, 2.75) is 64.1 Å². The lowest BCUT2D eigenvalue weighted by molar-refractivity contribution is 0.0289. The molecule has 4 nitrogen and oxygen atoms in total. The Kier molecular flexibility index (Phi) is 5.18. The molecule has 18 heavy (non-hydrogen) atoms. The minimum Gasteiger partial charge on any atom is -0.298 e. The molecule has 2 fully saturated rings. The zero-order chi connectivity index (χ0) is 13.1. The van der Waals surface area contributed by atoms with Crippen LogP contribution in [0.25, 0.3) is 0 Å². The van der Waals surface area contributed by atoms with E-state index in [2.05, 4.69) is 23.1 Å². The third-order valence-corrected chi connectivity index (χ3v) is 5.46. The molecule has 1 atom stereocenters. The number of hydrogen-bond donors (Lipinski definition) is 0. The summed E-state index contributed by atoms with van der Waals surface area (Å²) in [6.07, 6.45) is 6.21. The first-order valence-corrected chi connectivity index (χ1v) is 8.15. The zero-order valence-corrected chi connectivity index (χ0v) is 12.6. The molecule has 0 bridgehead atoms. The Morgan fingerprint density at radius 3 is 2.28 bits per heavy atom. The molecule has 0 aromatic heterocycles. The highest BCUT2D eigenvalue weighted by molar-refractivity contribution is 7.77. The van der Waals surface area contributed by atoms with E-state index in [0.29, 0.717) is 18.1 Å². The van der Waals surface area contributed by atoms with Crippen molar-refractivity contribution in [1.82, 2.24) is 9.21 Å². The topological polar surface area (TPSA) is 32.8 Å². The second-order valence-corrected chi connectivity index (χ2v) is 6.93. The highest BCUT2D eigenvalue weighted by Crippen LogP contribution is 2.29. The summed E-state index contributed by atoms with van der Waals surface area (Å²) in [4.78, 5) is 2.42. The van der Waals surface area contributed by atoms with Gasteiger partial charge in [0.1, 0.15) is 0 Å². The molecule has 0 spiro atoms. The van der Waals surface area contributed by atoms with E-state index in [1.54, 1.807) is 7.11 Å². The van der Waals surface area contributed by atoms with Crippen LogP contribution in [0, 0.1) is 0 Å². The minimum absolute atomic E-state index is 0.413. The molecule has 1 aliphatic heterocycles. The number of nitrogens with zero attached hydrogens (tertiary/aromatic N) is 2. The average Bonchev–Trinajstić information content (AvgIpc) is 2.32. The van der Waals surface area contributed by atoms with Crippen LogP contribution in [-0.2, 0) is 15.4 Å². The fourth-order valence-corrected chi connectivity index (χ4v) is 4.04. The average molecular weight is 274 g/mol. The quantitative estimate of drug-likeness (QED) is 0.768. The van der Waals surface area contributed by atoms with Crippen molar-refractivity contribution in [2.24, 2.45) is 0 Å². The molecule has 0 amide bonds. The van der Waals surface area contributed by atoms with Crippen molar-refractivity contribution in [3.8, 4) is 0 Å². The largest absolute Gasteiger partial charge is 0.298 e. The molecule has 1 aliphatic carbocycles. The Hall–Kier alpha value is 0.0300. The molecule has 1 unspecified atom stereocenters. The second kappa shape index (κ2) is 6.46. The Labute approximate surface area is 113 Å². The van der Waals surface area contributed by atoms with Crippen molar-refractivity contribution in [3.63, 3.8) is 0 Å². The van der Waals surface area contributed by atoms with Gasteiger partial charge in [0.25, 0.3) is 0 Å². The lowest BCUT2D eigenvalue weighted by Crippen LogP contribution is -2.63. The lowest BCUT2D eigenvalue weighted by Gasteiger charge is -2.48. The van der Waals surface area contributed by atoms with Crippen LogP contribution in [0.15, 0.2) is 0 Å². The maximum atomic E-state index is 12.1. The van der Waals surface area contributed by atoms with E-state index in [9.17, 15) is 4.21 Å². The van der Waals surface area contributed by atoms with Crippen molar-refractivity contribution in [2.75, 3.05) is 20.2 Å². The fourth-order valence-electron chi connectivity index (χ4n) is 3.03. The van der Waals surface area contributed by atoms with Crippen molar-refractivity contribution < 1.29 is 8.39 Å². The summed E-state index contributed by atoms with van der Waals surface area (Å²) in [5.41, 5.74) is 0. The highest BCUT2D eigenvalue weighted by atomic mass is 32.2. The van der Waals surface area contributed by atoms with E-state index in [0.717, 1.165) is 13.1 Å². The Balaban J connectivity index is 1.96. The predicted octanol–water partition coefficient (Wildman–Crippen LogP) is 1.94. The van der Waals surface area contributed by atoms with E-state index in [-0.39, 0.29) is 0 Å². The molecule has 0 radical (unpaired) electrons. The highest BCUT2D eigenvalue weighted by Gasteiger charge is 2.40. The van der Waals surface area contributed by atoms with Crippen LogP contribution in [0.1, 0.15) is 46.0 Å². The second-order valence-electron chi connectivity index (χ2n) is 5.74. The third kappa shape index (κ3) is 3.13. The summed E-state index contributed by atoms with van der Waals surface area (Å²) in [5, 5.41) is 0. The van der Waals surface area contributed by atoms with Crippen molar-refractivity contribution in [1.29, 1.82) is 0 Å². The van der Waals surface area contributed by atoms with Crippen LogP contribution >= 0.6 is 0 Å². The first-order valence-electron chi connectivity index (χ1n) is 7.12. The Morgan fingerprint density at radius 1 is 1.17 bits per heavy atom. The van der Waals surface area contributed by atoms with Crippen LogP contribution in [0.5, 0.6) is 0 Å². The standard InChI is InChI=1S/C13H26N2O2S/c1-11(2)14-9-13(10-14)15(18(16)17-3)12-7-5-4-6-8-12/h11-13H,4-10H2,1-3H3. The van der Waals surface area contributed by atoms with E-state index in [4.69, 9.17) is 4.18 Å². The smallest absolute Gasteiger partial charge is 0.237 e. The van der Waals surface area contributed by atoms with E-state index in [1.807, 2.05) is 0 Å². The number of hydrogen-bond acceptors (Lipinski definition) is 3. The lowest BCUT2D eigenvalue weighted by atomic mass is 9.93. The summed E-state index contributed by atoms with van der Waals surface area (Å²) < 4.78 is 19.4. The molecule has 0 aromatic carbocycles. The first kappa shape index (κ1) is 14.4. The molecule has 0 N–H and O–H groups in total. The molecular weight excluding hydrogens is 248 g/mol. The first-order chi connectivity index (χ1) is 8.63. The van der Waals surface area contributed by atoms with Gasteiger partial charge in [-0.2, -0.15) is 4.31 Å². The molecule has 2 aliphatic rings. The monoisotopic (exact) mass is 274 g/mol. The Bertz CT molecular complexity index is 287. The predicted molar refractivity (Wildman–Crippen MR) is 74.4 cm³/mol. The van der Waals surface area contributed by atoms with Gasteiger partial charge in [0.05, 0.1) is 13.2 Å². The van der Waals surface area contributed by atoms with Crippen molar-refractivity contribution in [3.05, 3.63) is 0 Å². The molecule has 106 valence electrons. The van der Waals surface area contributed by atoms with Gasteiger partial charge in [-0.05, 0) is 26.7 Å². The zero-order valence-electron chi connectivity index (χ0n) is 11.8. The van der Waals surface area contributed by atoms with Gasteiger partial charge in [-0.25, -0.2) is 4.21 Å². The van der Waals surface area contributed by atoms with Crippen LogP contribution < -0.4 is 0 Å². The van der Waals surface area contributed by atoms with Gasteiger partial charge in [-0.1, -0.05) is 19.3 Å². The molecule has 5 heteroatoms. The van der Waals surface area contributed by atoms with Gasteiger partial charge in [-0.3, -0.25) is 9.08 Å². The molecular formula is C13H26N2O2S. The maximum absolute atomic E-state index is 12.1. The molecule has 1 saturated heterocycles. The molecule has 1 saturated carbocycles. The fraction of sp³-hybridized carbons (Fsp3) is 1.00. The van der Waals surface area contributed by atoms with Crippen LogP contribution in [0.3, 0.4) is 0 Å². The Morgan fingerprint density at radius 2 is 1.78 bits per heavy atom. The van der Waals surface area contributed by atoms with E-state index < -0.39 is 11.3 Å². The van der Waals surface area contributed by atoms with Gasteiger partial charge in [-0.15, -0.1) is 0 Å². The number of rotatable bonds is 5. The van der Waals surface area contributed by atoms with Gasteiger partial charge in [0.2, 0.25) is 11.3 Å². The van der Waals surface area contributed by atoms with Crippen molar-refractivity contribution >= 4 is 11.3 Å². The molecule has 1 heterocycles. The van der Waals surface area contributed by atoms with Gasteiger partial charge in [0.15, 0.2) is 0 Å². The summed E-state index contributed by atoms with van der Waals surface area (Å²) in [6, 6.07) is 1.46. The number of likely N-dealkylation sites (tertiary alicyclic amines) is 1. The SMILES string of the molecule is COS(=O)N(C1CCCCC1)C1CN(C(C)C)C1. The minimum atomic E-state index is -1.26. The van der Waals surface area contributed by atoms with Crippen LogP contribution in [-0.4, -0.2) is 51.7 Å². The van der Waals surface area contributed by atoms with Crippen LogP contribution in [0.2, 0.25) is 0 Å². The van der Waals surface area contributed by atoms with E-state index >= 15 is 0 Å². The summed E-state index contributed by atoms with van der Waals surface area (Å²) >= 11 is -1.26. The summed E-state index contributed by atoms with van der Waals surface area (Å²) in [7, 11) is 1.55. The summed E-state index contributed by atoms with van der Waals surface area (Å²) in [6.45, 7) is 6.50. The molecule has 2 rings (SSSR count). The van der Waals surface area contributed by atoms with E-state index in [1.165, 1.54) is 32.1 Å². The molecule has 0 aromatic rings. The third-order valence-electron chi connectivity index (χ3n) is 4.23. The van der Waals surface area contributed by atoms with Crippen LogP contribution in [0.4, 0.5) is 0 Å². The maximum Gasteiger partial charge on any atom is 0.237 e. The van der Waals surface area contributed by atoms with Gasteiger partial charge < -0.3 is 0 Å². The summed E-state index contributed by atoms with van der Waals surface area (Å²) in [5.74, 6) is 0. The normalized spacial score (nSPS) is 25.6. The van der Waals surface area contributed by atoms with Gasteiger partial charge in [0, 0.05) is 25.2 Å². The van der Waals surface area contributed by atoms with Gasteiger partial charge >= 0.3 is 0 Å².